The summed E-state index contributed by atoms with van der Waals surface area (Å²) >= 11 is 0. The van der Waals surface area contributed by atoms with Crippen LogP contribution in [0.25, 0.3) is 0 Å². The van der Waals surface area contributed by atoms with E-state index in [1.165, 1.54) is 12.8 Å². The predicted octanol–water partition coefficient (Wildman–Crippen LogP) is 0.291. The first kappa shape index (κ1) is 14.9. The third kappa shape index (κ3) is 3.65. The monoisotopic (exact) mass is 242 g/mol. The Kier molecular flexibility index (Phi) is 5.38. The second-order valence-corrected chi connectivity index (χ2v) is 5.98. The van der Waals surface area contributed by atoms with Crippen LogP contribution < -0.4 is 5.73 Å². The van der Waals surface area contributed by atoms with Gasteiger partial charge in [0.05, 0.1) is 0 Å². The van der Waals surface area contributed by atoms with Gasteiger partial charge in [0, 0.05) is 24.7 Å². The molecule has 4 heteroatoms. The van der Waals surface area contributed by atoms with Gasteiger partial charge in [-0.1, -0.05) is 0 Å². The van der Waals surface area contributed by atoms with Crippen LogP contribution in [0.1, 0.15) is 19.8 Å². The molecule has 1 aliphatic heterocycles. The number of nitrogens with zero attached hydrogens (tertiary/aromatic N) is 3. The minimum atomic E-state index is 0.195. The first-order chi connectivity index (χ1) is 7.91. The Labute approximate surface area is 107 Å². The van der Waals surface area contributed by atoms with Crippen LogP contribution in [-0.2, 0) is 0 Å². The molecule has 0 radical (unpaired) electrons. The van der Waals surface area contributed by atoms with Crippen molar-refractivity contribution in [3.8, 4) is 0 Å². The zero-order valence-electron chi connectivity index (χ0n) is 12.2. The van der Waals surface area contributed by atoms with Gasteiger partial charge in [-0.05, 0) is 61.0 Å². The maximum atomic E-state index is 6.05. The quantitative estimate of drug-likeness (QED) is 0.726. The van der Waals surface area contributed by atoms with E-state index < -0.39 is 0 Å². The Morgan fingerprint density at radius 1 is 1.29 bits per heavy atom. The van der Waals surface area contributed by atoms with Crippen LogP contribution in [-0.4, -0.2) is 80.7 Å². The van der Waals surface area contributed by atoms with Crippen molar-refractivity contribution in [3.05, 3.63) is 0 Å². The second kappa shape index (κ2) is 6.14. The Hall–Kier alpha value is -0.160. The number of likely N-dealkylation sites (N-methyl/N-ethyl adjacent to an activating group) is 2. The van der Waals surface area contributed by atoms with Gasteiger partial charge in [0.25, 0.3) is 0 Å². The van der Waals surface area contributed by atoms with Crippen molar-refractivity contribution in [2.75, 3.05) is 54.4 Å². The highest BCUT2D eigenvalue weighted by molar-refractivity contribution is 5.01. The Morgan fingerprint density at radius 3 is 2.35 bits per heavy atom. The molecule has 1 rings (SSSR count). The Balaban J connectivity index is 2.50. The van der Waals surface area contributed by atoms with E-state index >= 15 is 0 Å². The summed E-state index contributed by atoms with van der Waals surface area (Å²) in [5.41, 5.74) is 6.24. The molecule has 1 aliphatic rings. The summed E-state index contributed by atoms with van der Waals surface area (Å²) < 4.78 is 0. The minimum Gasteiger partial charge on any atom is -0.329 e. The van der Waals surface area contributed by atoms with Crippen LogP contribution in [0.4, 0.5) is 0 Å². The fourth-order valence-corrected chi connectivity index (χ4v) is 2.83. The number of likely N-dealkylation sites (tertiary alicyclic amines) is 1. The van der Waals surface area contributed by atoms with E-state index in [0.29, 0.717) is 6.04 Å². The molecule has 0 aromatic carbocycles. The average molecular weight is 242 g/mol. The van der Waals surface area contributed by atoms with E-state index in [1.807, 2.05) is 0 Å². The molecule has 2 N–H and O–H groups in total. The molecule has 0 bridgehead atoms. The van der Waals surface area contributed by atoms with Gasteiger partial charge < -0.3 is 15.5 Å². The van der Waals surface area contributed by atoms with Crippen molar-refractivity contribution in [2.45, 2.75) is 31.3 Å². The molecule has 1 saturated heterocycles. The lowest BCUT2D eigenvalue weighted by Gasteiger charge is -2.38. The standard InChI is InChI=1S/C13H30N4/c1-12-9-13(10-14,11-16(12)4)17(5)8-6-7-15(2)3/h12H,6-11,14H2,1-5H3. The van der Waals surface area contributed by atoms with E-state index in [-0.39, 0.29) is 5.54 Å². The molecule has 0 saturated carbocycles. The Bertz CT molecular complexity index is 219. The van der Waals surface area contributed by atoms with Crippen molar-refractivity contribution in [1.29, 1.82) is 0 Å². The molecule has 0 amide bonds. The van der Waals surface area contributed by atoms with Gasteiger partial charge in [0.15, 0.2) is 0 Å². The molecule has 0 aromatic heterocycles. The smallest absolute Gasteiger partial charge is 0.0470 e. The maximum Gasteiger partial charge on any atom is 0.0470 e. The highest BCUT2D eigenvalue weighted by Gasteiger charge is 2.42. The van der Waals surface area contributed by atoms with E-state index in [2.05, 4.69) is 49.8 Å². The minimum absolute atomic E-state index is 0.195. The molecule has 2 unspecified atom stereocenters. The third-order valence-corrected chi connectivity index (χ3v) is 4.26. The molecule has 2 atom stereocenters. The lowest BCUT2D eigenvalue weighted by atomic mass is 9.94. The number of nitrogens with two attached hydrogens (primary N) is 1. The molecule has 0 spiro atoms. The van der Waals surface area contributed by atoms with Crippen LogP contribution in [0, 0.1) is 0 Å². The van der Waals surface area contributed by atoms with Gasteiger partial charge in [-0.3, -0.25) is 4.90 Å². The molecular formula is C13H30N4. The predicted molar refractivity (Wildman–Crippen MR) is 74.3 cm³/mol. The molecule has 0 aromatic rings. The third-order valence-electron chi connectivity index (χ3n) is 4.26. The summed E-state index contributed by atoms with van der Waals surface area (Å²) in [6, 6.07) is 0.648. The highest BCUT2D eigenvalue weighted by Crippen LogP contribution is 2.29. The summed E-state index contributed by atoms with van der Waals surface area (Å²) in [5, 5.41) is 0. The normalized spacial score (nSPS) is 30.7. The lowest BCUT2D eigenvalue weighted by Crippen LogP contribution is -2.54. The largest absolute Gasteiger partial charge is 0.329 e. The lowest BCUT2D eigenvalue weighted by molar-refractivity contribution is 0.128. The highest BCUT2D eigenvalue weighted by atomic mass is 15.3. The van der Waals surface area contributed by atoms with Crippen molar-refractivity contribution in [1.82, 2.24) is 14.7 Å². The molecule has 0 aliphatic carbocycles. The molecule has 102 valence electrons. The van der Waals surface area contributed by atoms with Gasteiger partial charge in [-0.2, -0.15) is 0 Å². The van der Waals surface area contributed by atoms with Crippen LogP contribution >= 0.6 is 0 Å². The van der Waals surface area contributed by atoms with Crippen LogP contribution in [0.15, 0.2) is 0 Å². The zero-order valence-corrected chi connectivity index (χ0v) is 12.2. The summed E-state index contributed by atoms with van der Waals surface area (Å²) in [7, 11) is 8.69. The Morgan fingerprint density at radius 2 is 1.94 bits per heavy atom. The van der Waals surface area contributed by atoms with Crippen LogP contribution in [0.5, 0.6) is 0 Å². The van der Waals surface area contributed by atoms with Crippen LogP contribution in [0.3, 0.4) is 0 Å². The fourth-order valence-electron chi connectivity index (χ4n) is 2.83. The molecule has 17 heavy (non-hydrogen) atoms. The number of rotatable bonds is 6. The van der Waals surface area contributed by atoms with Crippen molar-refractivity contribution >= 4 is 0 Å². The van der Waals surface area contributed by atoms with Crippen molar-refractivity contribution in [3.63, 3.8) is 0 Å². The first-order valence-electron chi connectivity index (χ1n) is 6.67. The van der Waals surface area contributed by atoms with Crippen molar-refractivity contribution in [2.24, 2.45) is 5.73 Å². The van der Waals surface area contributed by atoms with Gasteiger partial charge >= 0.3 is 0 Å². The first-order valence-corrected chi connectivity index (χ1v) is 6.67. The summed E-state index contributed by atoms with van der Waals surface area (Å²) in [4.78, 5) is 7.15. The summed E-state index contributed by atoms with van der Waals surface area (Å²) in [6.45, 7) is 6.45. The summed E-state index contributed by atoms with van der Waals surface area (Å²) in [6.07, 6.45) is 2.40. The maximum absolute atomic E-state index is 6.05. The van der Waals surface area contributed by atoms with Crippen LogP contribution in [0.2, 0.25) is 0 Å². The van der Waals surface area contributed by atoms with Gasteiger partial charge in [-0.15, -0.1) is 0 Å². The van der Waals surface area contributed by atoms with Gasteiger partial charge in [0.2, 0.25) is 0 Å². The summed E-state index contributed by atoms with van der Waals surface area (Å²) in [5.74, 6) is 0. The fraction of sp³-hybridized carbons (Fsp3) is 1.00. The average Bonchev–Trinajstić information content (AvgIpc) is 2.55. The molecule has 1 heterocycles. The van der Waals surface area contributed by atoms with Gasteiger partial charge in [0.1, 0.15) is 0 Å². The zero-order chi connectivity index (χ0) is 13.1. The molecule has 1 fully saturated rings. The van der Waals surface area contributed by atoms with E-state index in [0.717, 1.165) is 26.2 Å². The SMILES string of the molecule is CC1CC(CN)(N(C)CCCN(C)C)CN1C. The molecular weight excluding hydrogens is 212 g/mol. The van der Waals surface area contributed by atoms with E-state index in [1.54, 1.807) is 0 Å². The topological polar surface area (TPSA) is 35.7 Å². The van der Waals surface area contributed by atoms with Crippen molar-refractivity contribution < 1.29 is 0 Å². The second-order valence-electron chi connectivity index (χ2n) is 5.98. The van der Waals surface area contributed by atoms with E-state index in [4.69, 9.17) is 5.73 Å². The number of hydrogen-bond donors (Lipinski definition) is 1. The molecule has 4 nitrogen and oxygen atoms in total. The van der Waals surface area contributed by atoms with E-state index in [9.17, 15) is 0 Å². The van der Waals surface area contributed by atoms with Gasteiger partial charge in [-0.25, -0.2) is 0 Å². The number of hydrogen-bond acceptors (Lipinski definition) is 4.